The van der Waals surface area contributed by atoms with E-state index in [0.717, 1.165) is 12.1 Å². The van der Waals surface area contributed by atoms with Crippen LogP contribution in [0.25, 0.3) is 0 Å². The van der Waals surface area contributed by atoms with Gasteiger partial charge in [0.05, 0.1) is 18.5 Å². The first kappa shape index (κ1) is 17.0. The van der Waals surface area contributed by atoms with Crippen molar-refractivity contribution in [3.05, 3.63) is 66.2 Å². The maximum atomic E-state index is 12.1. The van der Waals surface area contributed by atoms with Gasteiger partial charge < -0.3 is 8.92 Å². The summed E-state index contributed by atoms with van der Waals surface area (Å²) in [5.74, 6) is 0.310. The molecule has 2 aromatic carbocycles. The fourth-order valence-corrected chi connectivity index (χ4v) is 3.65. The summed E-state index contributed by atoms with van der Waals surface area (Å²) < 4.78 is 35.1. The van der Waals surface area contributed by atoms with Crippen LogP contribution in [0, 0.1) is 0 Å². The zero-order chi connectivity index (χ0) is 16.8. The van der Waals surface area contributed by atoms with Crippen molar-refractivity contribution in [1.82, 2.24) is 4.90 Å². The molecule has 1 aliphatic heterocycles. The van der Waals surface area contributed by atoms with E-state index in [9.17, 15) is 8.42 Å². The standard InChI is InChI=1S/C18H21NO4S/c20-24(21,23-17-9-5-2-6-10-17)14-12-19-11-13-22-18(15-19)16-7-3-1-4-8-16/h1-10,18H,11-15H2. The van der Waals surface area contributed by atoms with Gasteiger partial charge in [-0.2, -0.15) is 8.42 Å². The summed E-state index contributed by atoms with van der Waals surface area (Å²) >= 11 is 0. The summed E-state index contributed by atoms with van der Waals surface area (Å²) in [5.41, 5.74) is 1.12. The van der Waals surface area contributed by atoms with Crippen molar-refractivity contribution in [2.24, 2.45) is 0 Å². The van der Waals surface area contributed by atoms with Crippen LogP contribution < -0.4 is 4.18 Å². The van der Waals surface area contributed by atoms with Gasteiger partial charge in [0.1, 0.15) is 5.75 Å². The van der Waals surface area contributed by atoms with E-state index in [2.05, 4.69) is 4.90 Å². The van der Waals surface area contributed by atoms with E-state index in [1.165, 1.54) is 0 Å². The summed E-state index contributed by atoms with van der Waals surface area (Å²) in [4.78, 5) is 2.10. The van der Waals surface area contributed by atoms with Gasteiger partial charge in [0.2, 0.25) is 0 Å². The predicted octanol–water partition coefficient (Wildman–Crippen LogP) is 2.47. The number of hydrogen-bond acceptors (Lipinski definition) is 5. The molecule has 5 nitrogen and oxygen atoms in total. The van der Waals surface area contributed by atoms with E-state index < -0.39 is 10.1 Å². The zero-order valence-corrected chi connectivity index (χ0v) is 14.2. The van der Waals surface area contributed by atoms with E-state index >= 15 is 0 Å². The fourth-order valence-electron chi connectivity index (χ4n) is 2.68. The van der Waals surface area contributed by atoms with Crippen molar-refractivity contribution in [1.29, 1.82) is 0 Å². The number of nitrogens with zero attached hydrogens (tertiary/aromatic N) is 1. The van der Waals surface area contributed by atoms with Crippen LogP contribution in [0.2, 0.25) is 0 Å². The second-order valence-corrected chi connectivity index (χ2v) is 7.42. The normalized spacial score (nSPS) is 19.1. The van der Waals surface area contributed by atoms with Gasteiger partial charge in [-0.1, -0.05) is 48.5 Å². The Morgan fingerprint density at radius 2 is 1.71 bits per heavy atom. The fraction of sp³-hybridized carbons (Fsp3) is 0.333. The highest BCUT2D eigenvalue weighted by Gasteiger charge is 2.23. The molecule has 0 radical (unpaired) electrons. The number of ether oxygens (including phenoxy) is 1. The van der Waals surface area contributed by atoms with E-state index in [1.54, 1.807) is 24.3 Å². The number of hydrogen-bond donors (Lipinski definition) is 0. The molecule has 2 aromatic rings. The minimum Gasteiger partial charge on any atom is -0.382 e. The zero-order valence-electron chi connectivity index (χ0n) is 13.4. The Kier molecular flexibility index (Phi) is 5.50. The molecular formula is C18H21NO4S. The number of morpholine rings is 1. The highest BCUT2D eigenvalue weighted by Crippen LogP contribution is 2.22. The minimum atomic E-state index is -3.60. The van der Waals surface area contributed by atoms with Gasteiger partial charge in [0, 0.05) is 19.6 Å². The maximum Gasteiger partial charge on any atom is 0.310 e. The maximum absolute atomic E-state index is 12.1. The molecule has 0 amide bonds. The average Bonchev–Trinajstić information content (AvgIpc) is 2.62. The molecule has 1 heterocycles. The van der Waals surface area contributed by atoms with Crippen molar-refractivity contribution >= 4 is 10.1 Å². The Morgan fingerprint density at radius 3 is 2.42 bits per heavy atom. The van der Waals surface area contributed by atoms with Gasteiger partial charge in [0.15, 0.2) is 0 Å². The summed E-state index contributed by atoms with van der Waals surface area (Å²) in [6, 6.07) is 18.6. The van der Waals surface area contributed by atoms with Crippen molar-refractivity contribution in [2.45, 2.75) is 6.10 Å². The van der Waals surface area contributed by atoms with Crippen LogP contribution in [0.3, 0.4) is 0 Å². The van der Waals surface area contributed by atoms with Gasteiger partial charge in [0.25, 0.3) is 0 Å². The smallest absolute Gasteiger partial charge is 0.310 e. The molecule has 0 aromatic heterocycles. The first-order chi connectivity index (χ1) is 11.6. The van der Waals surface area contributed by atoms with Crippen molar-refractivity contribution in [3.63, 3.8) is 0 Å². The summed E-state index contributed by atoms with van der Waals surface area (Å²) in [6.45, 7) is 2.44. The lowest BCUT2D eigenvalue weighted by atomic mass is 10.1. The molecule has 0 bridgehead atoms. The number of rotatable bonds is 6. The largest absolute Gasteiger partial charge is 0.382 e. The second kappa shape index (κ2) is 7.79. The van der Waals surface area contributed by atoms with Crippen LogP contribution >= 0.6 is 0 Å². The molecule has 0 spiro atoms. The molecule has 0 aliphatic carbocycles. The molecule has 6 heteroatoms. The molecular weight excluding hydrogens is 326 g/mol. The highest BCUT2D eigenvalue weighted by molar-refractivity contribution is 7.87. The van der Waals surface area contributed by atoms with E-state index in [1.807, 2.05) is 36.4 Å². The minimum absolute atomic E-state index is 0.0160. The lowest BCUT2D eigenvalue weighted by Crippen LogP contribution is -2.41. The number of para-hydroxylation sites is 1. The van der Waals surface area contributed by atoms with Gasteiger partial charge in [-0.3, -0.25) is 4.90 Å². The topological polar surface area (TPSA) is 55.8 Å². The van der Waals surface area contributed by atoms with Gasteiger partial charge in [-0.15, -0.1) is 0 Å². The summed E-state index contributed by atoms with van der Waals surface area (Å²) in [6.07, 6.45) is -0.0160. The number of benzene rings is 2. The first-order valence-corrected chi connectivity index (χ1v) is 9.56. The third-order valence-electron chi connectivity index (χ3n) is 3.95. The first-order valence-electron chi connectivity index (χ1n) is 7.98. The molecule has 1 unspecified atom stereocenters. The van der Waals surface area contributed by atoms with Crippen LogP contribution in [0.1, 0.15) is 11.7 Å². The summed E-state index contributed by atoms with van der Waals surface area (Å²) in [7, 11) is -3.60. The van der Waals surface area contributed by atoms with E-state index in [4.69, 9.17) is 8.92 Å². The molecule has 128 valence electrons. The van der Waals surface area contributed by atoms with Crippen molar-refractivity contribution < 1.29 is 17.3 Å². The van der Waals surface area contributed by atoms with Crippen LogP contribution in [-0.4, -0.2) is 45.3 Å². The van der Waals surface area contributed by atoms with E-state index in [0.29, 0.717) is 25.4 Å². The Hall–Kier alpha value is -1.89. The highest BCUT2D eigenvalue weighted by atomic mass is 32.2. The molecule has 3 rings (SSSR count). The van der Waals surface area contributed by atoms with Crippen molar-refractivity contribution in [2.75, 3.05) is 32.0 Å². The SMILES string of the molecule is O=S(=O)(CCN1CCOC(c2ccccc2)C1)Oc1ccccc1. The van der Waals surface area contributed by atoms with Crippen LogP contribution in [0.4, 0.5) is 0 Å². The predicted molar refractivity (Wildman–Crippen MR) is 92.4 cm³/mol. The lowest BCUT2D eigenvalue weighted by molar-refractivity contribution is -0.0279. The summed E-state index contributed by atoms with van der Waals surface area (Å²) in [5, 5.41) is 0. The second-order valence-electron chi connectivity index (χ2n) is 5.73. The third kappa shape index (κ3) is 4.80. The quantitative estimate of drug-likeness (QED) is 0.752. The van der Waals surface area contributed by atoms with E-state index in [-0.39, 0.29) is 11.9 Å². The molecule has 0 saturated carbocycles. The van der Waals surface area contributed by atoms with Crippen LogP contribution in [-0.2, 0) is 14.9 Å². The van der Waals surface area contributed by atoms with Gasteiger partial charge in [-0.05, 0) is 17.7 Å². The van der Waals surface area contributed by atoms with Crippen LogP contribution in [0.5, 0.6) is 5.75 Å². The molecule has 1 saturated heterocycles. The lowest BCUT2D eigenvalue weighted by Gasteiger charge is -2.32. The molecule has 1 fully saturated rings. The molecule has 1 atom stereocenters. The molecule has 0 N–H and O–H groups in total. The van der Waals surface area contributed by atoms with Gasteiger partial charge in [-0.25, -0.2) is 0 Å². The Bertz CT molecular complexity index is 734. The Balaban J connectivity index is 1.54. The Labute approximate surface area is 142 Å². The third-order valence-corrected chi connectivity index (χ3v) is 5.07. The Morgan fingerprint density at radius 1 is 1.04 bits per heavy atom. The average molecular weight is 347 g/mol. The molecule has 1 aliphatic rings. The van der Waals surface area contributed by atoms with Crippen molar-refractivity contribution in [3.8, 4) is 5.75 Å². The van der Waals surface area contributed by atoms with Crippen LogP contribution in [0.15, 0.2) is 60.7 Å². The molecule has 24 heavy (non-hydrogen) atoms. The monoisotopic (exact) mass is 347 g/mol. The van der Waals surface area contributed by atoms with Gasteiger partial charge >= 0.3 is 10.1 Å².